The van der Waals surface area contributed by atoms with Crippen molar-refractivity contribution in [3.05, 3.63) is 0 Å². The van der Waals surface area contributed by atoms with E-state index >= 15 is 0 Å². The molecule has 0 heterocycles. The van der Waals surface area contributed by atoms with E-state index in [4.69, 9.17) is 5.11 Å². The first-order valence-corrected chi connectivity index (χ1v) is 4.07. The number of hydrogen-bond donors (Lipinski definition) is 1. The third-order valence-electron chi connectivity index (χ3n) is 0.879. The Hall–Kier alpha value is -0.0116. The van der Waals surface area contributed by atoms with E-state index in [0.717, 1.165) is 0 Å². The molecule has 0 aromatic heterocycles. The van der Waals surface area contributed by atoms with Crippen molar-refractivity contribution in [2.75, 3.05) is 20.6 Å². The topological polar surface area (TPSA) is 40.5 Å². The summed E-state index contributed by atoms with van der Waals surface area (Å²) in [5.74, 6) is -0.705. The predicted molar refractivity (Wildman–Crippen MR) is 38.5 cm³/mol. The molecule has 1 N–H and O–H groups in total. The van der Waals surface area contributed by atoms with E-state index in [9.17, 15) is 4.79 Å². The summed E-state index contributed by atoms with van der Waals surface area (Å²) in [4.78, 5) is 12.1. The van der Waals surface area contributed by atoms with Gasteiger partial charge in [-0.25, -0.2) is 0 Å². The van der Waals surface area contributed by atoms with E-state index in [2.05, 4.69) is 0 Å². The molecule has 2 atom stereocenters. The molecule has 0 aromatic carbocycles. The molecule has 0 amide bonds. The molecule has 0 aliphatic heterocycles. The van der Waals surface area contributed by atoms with Crippen LogP contribution in [0.4, 0.5) is 0 Å². The molecule has 0 aliphatic carbocycles. The van der Waals surface area contributed by atoms with Gasteiger partial charge in [0.05, 0.1) is 0 Å². The van der Waals surface area contributed by atoms with Gasteiger partial charge in [0.15, 0.2) is 0 Å². The molecular weight excluding hydrogens is 181 g/mol. The van der Waals surface area contributed by atoms with Crippen molar-refractivity contribution in [1.29, 1.82) is 0 Å². The third kappa shape index (κ3) is 4.49. The molecular formula is C5H12AsNO2. The van der Waals surface area contributed by atoms with E-state index in [1.165, 1.54) is 16.9 Å². The summed E-state index contributed by atoms with van der Waals surface area (Å²) in [7, 11) is 3.74. The first-order valence-electron chi connectivity index (χ1n) is 2.67. The number of carboxylic acid groups (broad SMARTS) is 1. The molecule has 0 spiro atoms. The Labute approximate surface area is 63.5 Å². The van der Waals surface area contributed by atoms with Crippen LogP contribution in [0.3, 0.4) is 0 Å². The van der Waals surface area contributed by atoms with Crippen molar-refractivity contribution in [3.8, 4) is 0 Å². The van der Waals surface area contributed by atoms with Crippen LogP contribution in [0.2, 0.25) is 4.71 Å². The molecule has 0 radical (unpaired) electrons. The number of carboxylic acids is 1. The first-order chi connectivity index (χ1) is 4.04. The Morgan fingerprint density at radius 3 is 2.33 bits per heavy atom. The average molecular weight is 193 g/mol. The molecule has 0 bridgehead atoms. The molecule has 0 aromatic rings. The van der Waals surface area contributed by atoms with Gasteiger partial charge >= 0.3 is 63.0 Å². The van der Waals surface area contributed by atoms with Crippen LogP contribution in [-0.4, -0.2) is 53.5 Å². The van der Waals surface area contributed by atoms with Gasteiger partial charge in [-0.1, -0.05) is 0 Å². The quantitative estimate of drug-likeness (QED) is 0.588. The van der Waals surface area contributed by atoms with Gasteiger partial charge in [-0.2, -0.15) is 0 Å². The average Bonchev–Trinajstić information content (AvgIpc) is 1.63. The van der Waals surface area contributed by atoms with Crippen molar-refractivity contribution < 1.29 is 9.90 Å². The molecule has 0 rings (SSSR count). The Balaban J connectivity index is 3.50. The molecule has 9 heavy (non-hydrogen) atoms. The van der Waals surface area contributed by atoms with Crippen molar-refractivity contribution in [1.82, 2.24) is 4.90 Å². The zero-order valence-corrected chi connectivity index (χ0v) is 8.09. The summed E-state index contributed by atoms with van der Waals surface area (Å²) in [5.41, 5.74) is 0. The van der Waals surface area contributed by atoms with Crippen molar-refractivity contribution >= 4 is 22.8 Å². The van der Waals surface area contributed by atoms with Crippen molar-refractivity contribution in [2.45, 2.75) is 4.71 Å². The zero-order valence-electron chi connectivity index (χ0n) is 5.66. The molecule has 0 fully saturated rings. The molecule has 0 saturated heterocycles. The van der Waals surface area contributed by atoms with E-state index in [1.807, 2.05) is 19.0 Å². The fourth-order valence-electron chi connectivity index (χ4n) is 0.471. The normalized spacial score (nSPS) is 13.8. The molecule has 0 saturated carbocycles. The maximum atomic E-state index is 10.2. The Kier molecular flexibility index (Phi) is 3.91. The van der Waals surface area contributed by atoms with Gasteiger partial charge in [0.1, 0.15) is 0 Å². The SMILES string of the molecule is CN(C)CC([AsH2])C(=O)O. The molecule has 54 valence electrons. The number of nitrogens with zero attached hydrogens (tertiary/aromatic N) is 1. The number of carbonyl (C=O) groups is 1. The predicted octanol–water partition coefficient (Wildman–Crippen LogP) is -0.946. The number of rotatable bonds is 3. The Morgan fingerprint density at radius 1 is 1.78 bits per heavy atom. The van der Waals surface area contributed by atoms with E-state index in [0.29, 0.717) is 6.54 Å². The van der Waals surface area contributed by atoms with Crippen LogP contribution in [0.5, 0.6) is 0 Å². The third-order valence-corrected chi connectivity index (χ3v) is 1.92. The van der Waals surface area contributed by atoms with Crippen molar-refractivity contribution in [3.63, 3.8) is 0 Å². The standard InChI is InChI=1S/C5H12AsNO2/c1-7(2)3-4(6)5(8)9/h4H,3,6H2,1-2H3,(H,8,9). The fourth-order valence-corrected chi connectivity index (χ4v) is 1.36. The van der Waals surface area contributed by atoms with Gasteiger partial charge in [0.2, 0.25) is 0 Å². The summed E-state index contributed by atoms with van der Waals surface area (Å²) in [6.45, 7) is 0.634. The Bertz CT molecular complexity index is 105. The summed E-state index contributed by atoms with van der Waals surface area (Å²) in [5, 5.41) is 8.42. The van der Waals surface area contributed by atoms with Crippen LogP contribution >= 0.6 is 0 Å². The second kappa shape index (κ2) is 3.91. The maximum absolute atomic E-state index is 10.2. The first kappa shape index (κ1) is 8.99. The van der Waals surface area contributed by atoms with Gasteiger partial charge in [-0.05, 0) is 0 Å². The van der Waals surface area contributed by atoms with Crippen molar-refractivity contribution in [2.24, 2.45) is 0 Å². The van der Waals surface area contributed by atoms with Gasteiger partial charge in [-0.3, -0.25) is 0 Å². The van der Waals surface area contributed by atoms with Crippen LogP contribution < -0.4 is 0 Å². The Morgan fingerprint density at radius 2 is 2.22 bits per heavy atom. The molecule has 2 unspecified atom stereocenters. The van der Waals surface area contributed by atoms with Crippen LogP contribution in [0.1, 0.15) is 0 Å². The minimum absolute atomic E-state index is 0.201. The zero-order chi connectivity index (χ0) is 7.44. The van der Waals surface area contributed by atoms with Gasteiger partial charge in [0.25, 0.3) is 0 Å². The van der Waals surface area contributed by atoms with Crippen LogP contribution in [-0.2, 0) is 4.79 Å². The van der Waals surface area contributed by atoms with Gasteiger partial charge in [-0.15, -0.1) is 0 Å². The number of hydrogen-bond acceptors (Lipinski definition) is 2. The van der Waals surface area contributed by atoms with Crippen LogP contribution in [0.15, 0.2) is 0 Å². The monoisotopic (exact) mass is 193 g/mol. The second-order valence-electron chi connectivity index (χ2n) is 2.21. The van der Waals surface area contributed by atoms with Crippen LogP contribution in [0.25, 0.3) is 0 Å². The van der Waals surface area contributed by atoms with E-state index in [-0.39, 0.29) is 4.71 Å². The number of aliphatic carboxylic acids is 1. The van der Waals surface area contributed by atoms with E-state index < -0.39 is 5.97 Å². The van der Waals surface area contributed by atoms with Gasteiger partial charge < -0.3 is 0 Å². The minimum atomic E-state index is -0.705. The second-order valence-corrected chi connectivity index (χ2v) is 3.90. The summed E-state index contributed by atoms with van der Waals surface area (Å²) in [6, 6.07) is 0. The van der Waals surface area contributed by atoms with E-state index in [1.54, 1.807) is 0 Å². The summed E-state index contributed by atoms with van der Waals surface area (Å²) in [6.07, 6.45) is 0. The molecule has 3 nitrogen and oxygen atoms in total. The van der Waals surface area contributed by atoms with Crippen LogP contribution in [0, 0.1) is 0 Å². The molecule has 4 heteroatoms. The molecule has 0 aliphatic rings. The summed E-state index contributed by atoms with van der Waals surface area (Å²) < 4.78 is -0.201. The fraction of sp³-hybridized carbons (Fsp3) is 0.800. The van der Waals surface area contributed by atoms with Gasteiger partial charge in [0, 0.05) is 0 Å². The summed E-state index contributed by atoms with van der Waals surface area (Å²) >= 11 is 1.26.